The second-order valence-corrected chi connectivity index (χ2v) is 6.56. The number of hydrogen-bond acceptors (Lipinski definition) is 4. The van der Waals surface area contributed by atoms with Crippen molar-refractivity contribution in [2.45, 2.75) is 51.4 Å². The van der Waals surface area contributed by atoms with Gasteiger partial charge in [-0.2, -0.15) is 0 Å². The summed E-state index contributed by atoms with van der Waals surface area (Å²) in [6, 6.07) is 4.69. The van der Waals surface area contributed by atoms with E-state index in [9.17, 15) is 4.79 Å². The minimum absolute atomic E-state index is 0.0358. The predicted molar refractivity (Wildman–Crippen MR) is 75.8 cm³/mol. The highest BCUT2D eigenvalue weighted by Gasteiger charge is 2.30. The van der Waals surface area contributed by atoms with Crippen molar-refractivity contribution < 1.29 is 14.6 Å². The van der Waals surface area contributed by atoms with E-state index in [1.54, 1.807) is 0 Å². The number of thiophene rings is 1. The Hall–Kier alpha value is -0.910. The van der Waals surface area contributed by atoms with Crippen molar-refractivity contribution in [2.75, 3.05) is 6.54 Å². The number of carbonyl (C=O) groups is 1. The molecule has 2 rings (SSSR count). The van der Waals surface area contributed by atoms with E-state index in [0.717, 1.165) is 19.4 Å². The largest absolute Gasteiger partial charge is 0.479 e. The molecule has 1 aromatic rings. The van der Waals surface area contributed by atoms with E-state index in [2.05, 4.69) is 31.3 Å². The van der Waals surface area contributed by atoms with Crippen molar-refractivity contribution in [1.29, 1.82) is 0 Å². The summed E-state index contributed by atoms with van der Waals surface area (Å²) in [6.45, 7) is 5.00. The van der Waals surface area contributed by atoms with Gasteiger partial charge in [-0.1, -0.05) is 0 Å². The Labute approximate surface area is 117 Å². The van der Waals surface area contributed by atoms with Crippen LogP contribution in [0.5, 0.6) is 0 Å². The fourth-order valence-electron chi connectivity index (χ4n) is 2.34. The first kappa shape index (κ1) is 14.5. The summed E-state index contributed by atoms with van der Waals surface area (Å²) >= 11 is 1.83. The number of rotatable bonds is 6. The van der Waals surface area contributed by atoms with Crippen LogP contribution in [0.25, 0.3) is 0 Å². The molecule has 1 aliphatic heterocycles. The van der Waals surface area contributed by atoms with Crippen LogP contribution in [0, 0.1) is 6.92 Å². The Morgan fingerprint density at radius 3 is 2.95 bits per heavy atom. The Balaban J connectivity index is 1.69. The van der Waals surface area contributed by atoms with Crippen molar-refractivity contribution in [3.05, 3.63) is 21.9 Å². The van der Waals surface area contributed by atoms with Gasteiger partial charge in [0, 0.05) is 22.3 Å². The molecule has 0 spiro atoms. The van der Waals surface area contributed by atoms with Crippen molar-refractivity contribution in [3.63, 3.8) is 0 Å². The van der Waals surface area contributed by atoms with Crippen LogP contribution in [0.4, 0.5) is 0 Å². The summed E-state index contributed by atoms with van der Waals surface area (Å²) in [6.07, 6.45) is 1.89. The maximum absolute atomic E-state index is 10.8. The summed E-state index contributed by atoms with van der Waals surface area (Å²) in [5.74, 6) is -0.843. The van der Waals surface area contributed by atoms with E-state index in [1.165, 1.54) is 9.75 Å². The quantitative estimate of drug-likeness (QED) is 0.840. The molecule has 2 N–H and O–H groups in total. The van der Waals surface area contributed by atoms with E-state index in [1.807, 2.05) is 11.3 Å². The molecule has 0 saturated carbocycles. The molecule has 3 atom stereocenters. The highest BCUT2D eigenvalue weighted by Crippen LogP contribution is 2.20. The molecule has 0 amide bonds. The molecule has 0 radical (unpaired) electrons. The number of nitrogens with one attached hydrogen (secondary N) is 1. The van der Waals surface area contributed by atoms with Crippen LogP contribution in [-0.4, -0.2) is 35.9 Å². The molecule has 0 bridgehead atoms. The summed E-state index contributed by atoms with van der Waals surface area (Å²) in [7, 11) is 0. The molecule has 106 valence electrons. The Morgan fingerprint density at radius 1 is 1.58 bits per heavy atom. The molecular formula is C14H21NO3S. The van der Waals surface area contributed by atoms with Gasteiger partial charge >= 0.3 is 5.97 Å². The van der Waals surface area contributed by atoms with E-state index in [0.29, 0.717) is 12.5 Å². The third-order valence-electron chi connectivity index (χ3n) is 3.38. The van der Waals surface area contributed by atoms with Crippen molar-refractivity contribution in [3.8, 4) is 0 Å². The topological polar surface area (TPSA) is 58.6 Å². The highest BCUT2D eigenvalue weighted by atomic mass is 32.1. The lowest BCUT2D eigenvalue weighted by molar-refractivity contribution is -0.149. The molecule has 0 aromatic carbocycles. The van der Waals surface area contributed by atoms with Crippen LogP contribution in [0.15, 0.2) is 12.1 Å². The molecule has 5 heteroatoms. The fourth-order valence-corrected chi connectivity index (χ4v) is 3.36. The monoisotopic (exact) mass is 283 g/mol. The molecule has 0 aliphatic carbocycles. The van der Waals surface area contributed by atoms with Crippen molar-refractivity contribution >= 4 is 17.3 Å². The van der Waals surface area contributed by atoms with Crippen LogP contribution in [-0.2, 0) is 16.0 Å². The van der Waals surface area contributed by atoms with Crippen LogP contribution >= 0.6 is 11.3 Å². The number of ether oxygens (including phenoxy) is 1. The minimum atomic E-state index is -0.843. The zero-order valence-corrected chi connectivity index (χ0v) is 12.2. The third kappa shape index (κ3) is 4.30. The summed E-state index contributed by atoms with van der Waals surface area (Å²) in [4.78, 5) is 13.5. The maximum atomic E-state index is 10.8. The molecule has 2 heterocycles. The number of carboxylic acids is 1. The lowest BCUT2D eigenvalue weighted by Gasteiger charge is -2.17. The van der Waals surface area contributed by atoms with E-state index < -0.39 is 12.1 Å². The van der Waals surface area contributed by atoms with Gasteiger partial charge < -0.3 is 15.2 Å². The van der Waals surface area contributed by atoms with E-state index in [4.69, 9.17) is 9.84 Å². The molecule has 19 heavy (non-hydrogen) atoms. The van der Waals surface area contributed by atoms with Gasteiger partial charge in [-0.3, -0.25) is 0 Å². The van der Waals surface area contributed by atoms with Crippen LogP contribution in [0.2, 0.25) is 0 Å². The van der Waals surface area contributed by atoms with Crippen molar-refractivity contribution in [1.82, 2.24) is 5.32 Å². The number of hydrogen-bond donors (Lipinski definition) is 2. The standard InChI is InChI=1S/C14H21NO3S/c1-9(7-12-5-3-10(2)19-12)15-8-11-4-6-13(18-11)14(16)17/h3,5,9,11,13,15H,4,6-8H2,1-2H3,(H,16,17). The second-order valence-electron chi connectivity index (χ2n) is 5.19. The fraction of sp³-hybridized carbons (Fsp3) is 0.643. The highest BCUT2D eigenvalue weighted by molar-refractivity contribution is 7.11. The lowest BCUT2D eigenvalue weighted by atomic mass is 10.1. The van der Waals surface area contributed by atoms with Gasteiger partial charge in [0.25, 0.3) is 0 Å². The molecule has 4 nitrogen and oxygen atoms in total. The average molecular weight is 283 g/mol. The van der Waals surface area contributed by atoms with Gasteiger partial charge in [0.2, 0.25) is 0 Å². The maximum Gasteiger partial charge on any atom is 0.332 e. The first-order chi connectivity index (χ1) is 9.04. The Morgan fingerprint density at radius 2 is 2.37 bits per heavy atom. The third-order valence-corrected chi connectivity index (χ3v) is 4.40. The van der Waals surface area contributed by atoms with Gasteiger partial charge in [0.15, 0.2) is 6.10 Å². The number of aryl methyl sites for hydroxylation is 1. The predicted octanol–water partition coefficient (Wildman–Crippen LogP) is 2.21. The zero-order chi connectivity index (χ0) is 13.8. The summed E-state index contributed by atoms with van der Waals surface area (Å²) in [5.41, 5.74) is 0. The zero-order valence-electron chi connectivity index (χ0n) is 11.4. The molecule has 1 fully saturated rings. The lowest BCUT2D eigenvalue weighted by Crippen LogP contribution is -2.35. The van der Waals surface area contributed by atoms with E-state index in [-0.39, 0.29) is 6.10 Å². The molecule has 1 aliphatic rings. The first-order valence-corrected chi connectivity index (χ1v) is 7.53. The van der Waals surface area contributed by atoms with Gasteiger partial charge in [-0.15, -0.1) is 11.3 Å². The SMILES string of the molecule is Cc1ccc(CC(C)NCC2CCC(C(=O)O)O2)s1. The summed E-state index contributed by atoms with van der Waals surface area (Å²) < 4.78 is 5.47. The Bertz CT molecular complexity index is 432. The molecule has 1 aromatic heterocycles. The normalized spacial score (nSPS) is 24.5. The van der Waals surface area contributed by atoms with Gasteiger partial charge in [-0.05, 0) is 45.2 Å². The minimum Gasteiger partial charge on any atom is -0.479 e. The van der Waals surface area contributed by atoms with Crippen LogP contribution in [0.1, 0.15) is 29.5 Å². The Kier molecular flexibility index (Phi) is 4.96. The van der Waals surface area contributed by atoms with Crippen LogP contribution < -0.4 is 5.32 Å². The average Bonchev–Trinajstić information content (AvgIpc) is 2.96. The summed E-state index contributed by atoms with van der Waals surface area (Å²) in [5, 5.41) is 12.3. The van der Waals surface area contributed by atoms with Gasteiger partial charge in [-0.25, -0.2) is 4.79 Å². The van der Waals surface area contributed by atoms with E-state index >= 15 is 0 Å². The second kappa shape index (κ2) is 6.50. The number of carboxylic acid groups (broad SMARTS) is 1. The smallest absolute Gasteiger partial charge is 0.332 e. The van der Waals surface area contributed by atoms with Crippen molar-refractivity contribution in [2.24, 2.45) is 0 Å². The number of aliphatic carboxylic acids is 1. The first-order valence-electron chi connectivity index (χ1n) is 6.71. The molecule has 1 saturated heterocycles. The van der Waals surface area contributed by atoms with Gasteiger partial charge in [0.05, 0.1) is 6.10 Å². The molecule has 3 unspecified atom stereocenters. The molecular weight excluding hydrogens is 262 g/mol. The van der Waals surface area contributed by atoms with Crippen LogP contribution in [0.3, 0.4) is 0 Å². The van der Waals surface area contributed by atoms with Gasteiger partial charge in [0.1, 0.15) is 0 Å².